The second kappa shape index (κ2) is 8.26. The van der Waals surface area contributed by atoms with Crippen LogP contribution in [0.2, 0.25) is 0 Å². The zero-order valence-electron chi connectivity index (χ0n) is 20.7. The number of imide groups is 1. The standard InChI is InChI=1S/C30H29N3O3/c1-4-19-14-16-20(17-15-19)22-18-32-29(35)33(24-12-8-9-13-25(24)36-5-2)28(34)30(32,3)27-26(22)21-10-6-7-11-23(21)31-27/h6-17,22,31H,4-5,18H2,1-3H3/t22?,30-/m0/s1. The van der Waals surface area contributed by atoms with Crippen LogP contribution in [0.25, 0.3) is 10.9 Å². The molecule has 1 unspecified atom stereocenters. The maximum absolute atomic E-state index is 14.2. The number of aromatic nitrogens is 1. The largest absolute Gasteiger partial charge is 0.492 e. The molecule has 3 aromatic carbocycles. The number of aryl methyl sites for hydroxylation is 1. The van der Waals surface area contributed by atoms with Crippen LogP contribution in [0.15, 0.2) is 72.8 Å². The van der Waals surface area contributed by atoms with Gasteiger partial charge in [0, 0.05) is 23.4 Å². The molecule has 1 N–H and O–H groups in total. The van der Waals surface area contributed by atoms with Crippen molar-refractivity contribution in [1.82, 2.24) is 9.88 Å². The average Bonchev–Trinajstić information content (AvgIpc) is 3.39. The fourth-order valence-corrected chi connectivity index (χ4v) is 5.81. The van der Waals surface area contributed by atoms with E-state index in [1.807, 2.05) is 44.2 Å². The lowest BCUT2D eigenvalue weighted by molar-refractivity contribution is -0.125. The van der Waals surface area contributed by atoms with Gasteiger partial charge in [0.05, 0.1) is 18.0 Å². The molecule has 1 aromatic heterocycles. The van der Waals surface area contributed by atoms with E-state index in [4.69, 9.17) is 4.74 Å². The van der Waals surface area contributed by atoms with Crippen LogP contribution in [-0.4, -0.2) is 35.0 Å². The molecule has 182 valence electrons. The van der Waals surface area contributed by atoms with Crippen LogP contribution in [-0.2, 0) is 16.8 Å². The number of para-hydroxylation sites is 3. The van der Waals surface area contributed by atoms with Gasteiger partial charge in [-0.2, -0.15) is 0 Å². The van der Waals surface area contributed by atoms with Gasteiger partial charge in [-0.15, -0.1) is 0 Å². The summed E-state index contributed by atoms with van der Waals surface area (Å²) in [6.45, 7) is 6.74. The molecule has 36 heavy (non-hydrogen) atoms. The normalized spacial score (nSPS) is 21.1. The second-order valence-electron chi connectivity index (χ2n) is 9.61. The Kier molecular flexibility index (Phi) is 5.14. The Morgan fingerprint density at radius 1 is 0.972 bits per heavy atom. The number of nitrogens with zero attached hydrogens (tertiary/aromatic N) is 2. The first-order chi connectivity index (χ1) is 17.5. The molecule has 0 saturated carbocycles. The van der Waals surface area contributed by atoms with E-state index in [1.165, 1.54) is 10.5 Å². The van der Waals surface area contributed by atoms with Crippen LogP contribution in [0.3, 0.4) is 0 Å². The number of hydrogen-bond acceptors (Lipinski definition) is 3. The molecule has 4 aromatic rings. The molecule has 6 heteroatoms. The number of benzene rings is 3. The molecule has 2 atom stereocenters. The Hall–Kier alpha value is -4.06. The van der Waals surface area contributed by atoms with Crippen LogP contribution in [0.1, 0.15) is 49.1 Å². The van der Waals surface area contributed by atoms with E-state index in [1.54, 1.807) is 17.0 Å². The van der Waals surface area contributed by atoms with Crippen molar-refractivity contribution < 1.29 is 14.3 Å². The molecule has 2 aliphatic rings. The number of carbonyl (C=O) groups is 2. The first kappa shape index (κ1) is 22.4. The zero-order chi connectivity index (χ0) is 25.0. The fraction of sp³-hybridized carbons (Fsp3) is 0.267. The van der Waals surface area contributed by atoms with Gasteiger partial charge < -0.3 is 14.6 Å². The number of hydrogen-bond donors (Lipinski definition) is 1. The summed E-state index contributed by atoms with van der Waals surface area (Å²) in [7, 11) is 0. The molecule has 6 rings (SSSR count). The molecule has 0 bridgehead atoms. The predicted molar refractivity (Wildman–Crippen MR) is 141 cm³/mol. The van der Waals surface area contributed by atoms with Gasteiger partial charge in [-0.25, -0.2) is 9.69 Å². The van der Waals surface area contributed by atoms with Crippen molar-refractivity contribution >= 4 is 28.5 Å². The van der Waals surface area contributed by atoms with Crippen molar-refractivity contribution in [2.75, 3.05) is 18.1 Å². The Balaban J connectivity index is 1.55. The van der Waals surface area contributed by atoms with Crippen molar-refractivity contribution in [3.05, 3.63) is 95.2 Å². The maximum Gasteiger partial charge on any atom is 0.332 e. The number of ether oxygens (including phenoxy) is 1. The van der Waals surface area contributed by atoms with Crippen LogP contribution in [0.5, 0.6) is 5.75 Å². The number of aromatic amines is 1. The molecular weight excluding hydrogens is 450 g/mol. The Morgan fingerprint density at radius 3 is 2.44 bits per heavy atom. The highest BCUT2D eigenvalue weighted by molar-refractivity contribution is 6.24. The topological polar surface area (TPSA) is 65.6 Å². The summed E-state index contributed by atoms with van der Waals surface area (Å²) in [5.41, 5.74) is 4.58. The number of carbonyl (C=O) groups excluding carboxylic acids is 2. The van der Waals surface area contributed by atoms with Gasteiger partial charge in [0.15, 0.2) is 5.54 Å². The van der Waals surface area contributed by atoms with Gasteiger partial charge in [-0.3, -0.25) is 4.79 Å². The lowest BCUT2D eigenvalue weighted by Gasteiger charge is -2.40. The van der Waals surface area contributed by atoms with Gasteiger partial charge in [0.2, 0.25) is 0 Å². The second-order valence-corrected chi connectivity index (χ2v) is 9.61. The lowest BCUT2D eigenvalue weighted by Crippen LogP contribution is -2.50. The Labute approximate surface area is 210 Å². The van der Waals surface area contributed by atoms with Crippen molar-refractivity contribution in [2.24, 2.45) is 0 Å². The summed E-state index contributed by atoms with van der Waals surface area (Å²) in [5, 5.41) is 1.09. The molecule has 0 spiro atoms. The number of nitrogens with one attached hydrogen (secondary N) is 1. The van der Waals surface area contributed by atoms with Crippen molar-refractivity contribution in [1.29, 1.82) is 0 Å². The molecule has 0 aliphatic carbocycles. The van der Waals surface area contributed by atoms with Gasteiger partial charge in [-0.05, 0) is 55.2 Å². The van der Waals surface area contributed by atoms with Crippen molar-refractivity contribution in [3.63, 3.8) is 0 Å². The number of fused-ring (bicyclic) bond motifs is 5. The third-order valence-corrected chi connectivity index (χ3v) is 7.72. The van der Waals surface area contributed by atoms with Gasteiger partial charge in [0.1, 0.15) is 5.75 Å². The molecular formula is C30H29N3O3. The minimum atomic E-state index is -1.15. The minimum Gasteiger partial charge on any atom is -0.492 e. The van der Waals surface area contributed by atoms with Gasteiger partial charge >= 0.3 is 6.03 Å². The maximum atomic E-state index is 14.2. The van der Waals surface area contributed by atoms with E-state index in [2.05, 4.69) is 42.2 Å². The Morgan fingerprint density at radius 2 is 1.69 bits per heavy atom. The smallest absolute Gasteiger partial charge is 0.332 e. The zero-order valence-corrected chi connectivity index (χ0v) is 20.7. The van der Waals surface area contributed by atoms with Crippen LogP contribution >= 0.6 is 0 Å². The Bertz CT molecular complexity index is 1490. The SMILES string of the molecule is CCOc1ccccc1N1C(=O)N2CC(c3ccc(CC)cc3)c3c([nH]c4ccccc34)[C@@]2(C)C1=O. The van der Waals surface area contributed by atoms with E-state index in [0.29, 0.717) is 24.6 Å². The quantitative estimate of drug-likeness (QED) is 0.359. The fourth-order valence-electron chi connectivity index (χ4n) is 5.81. The van der Waals surface area contributed by atoms with E-state index in [9.17, 15) is 9.59 Å². The summed E-state index contributed by atoms with van der Waals surface area (Å²) in [5.74, 6) is 0.190. The molecule has 2 aliphatic heterocycles. The summed E-state index contributed by atoms with van der Waals surface area (Å²) in [6, 6.07) is 23.7. The summed E-state index contributed by atoms with van der Waals surface area (Å²) < 4.78 is 5.79. The van der Waals surface area contributed by atoms with E-state index < -0.39 is 5.54 Å². The van der Waals surface area contributed by atoms with Crippen LogP contribution in [0, 0.1) is 0 Å². The van der Waals surface area contributed by atoms with E-state index >= 15 is 0 Å². The number of amides is 3. The van der Waals surface area contributed by atoms with Crippen molar-refractivity contribution in [3.8, 4) is 5.75 Å². The highest BCUT2D eigenvalue weighted by Crippen LogP contribution is 2.51. The number of H-pyrrole nitrogens is 1. The minimum absolute atomic E-state index is 0.0611. The number of rotatable bonds is 5. The molecule has 3 heterocycles. The van der Waals surface area contributed by atoms with E-state index in [0.717, 1.165) is 34.1 Å². The molecule has 0 radical (unpaired) electrons. The van der Waals surface area contributed by atoms with Crippen LogP contribution < -0.4 is 9.64 Å². The summed E-state index contributed by atoms with van der Waals surface area (Å²) in [4.78, 5) is 34.7. The van der Waals surface area contributed by atoms with Crippen LogP contribution in [0.4, 0.5) is 10.5 Å². The first-order valence-electron chi connectivity index (χ1n) is 12.6. The van der Waals surface area contributed by atoms with Gasteiger partial charge in [-0.1, -0.05) is 61.5 Å². The van der Waals surface area contributed by atoms with Crippen molar-refractivity contribution in [2.45, 2.75) is 38.6 Å². The van der Waals surface area contributed by atoms with Gasteiger partial charge in [0.25, 0.3) is 5.91 Å². The molecule has 6 nitrogen and oxygen atoms in total. The predicted octanol–water partition coefficient (Wildman–Crippen LogP) is 5.96. The summed E-state index contributed by atoms with van der Waals surface area (Å²) >= 11 is 0. The highest BCUT2D eigenvalue weighted by Gasteiger charge is 2.61. The monoisotopic (exact) mass is 479 g/mol. The molecule has 1 fully saturated rings. The third kappa shape index (κ3) is 3.03. The summed E-state index contributed by atoms with van der Waals surface area (Å²) in [6.07, 6.45) is 0.967. The molecule has 3 amide bonds. The number of urea groups is 1. The lowest BCUT2D eigenvalue weighted by atomic mass is 9.78. The van der Waals surface area contributed by atoms with E-state index in [-0.39, 0.29) is 17.9 Å². The third-order valence-electron chi connectivity index (χ3n) is 7.72. The molecule has 1 saturated heterocycles. The number of anilines is 1. The first-order valence-corrected chi connectivity index (χ1v) is 12.6. The average molecular weight is 480 g/mol. The highest BCUT2D eigenvalue weighted by atomic mass is 16.5.